The van der Waals surface area contributed by atoms with E-state index in [4.69, 9.17) is 0 Å². The van der Waals surface area contributed by atoms with Gasteiger partial charge in [-0.05, 0) is 24.1 Å². The van der Waals surface area contributed by atoms with Gasteiger partial charge in [0.05, 0.1) is 6.20 Å². The van der Waals surface area contributed by atoms with Crippen LogP contribution >= 0.6 is 0 Å². The van der Waals surface area contributed by atoms with Crippen LogP contribution in [-0.2, 0) is 17.8 Å². The molecule has 0 atom stereocenters. The maximum Gasteiger partial charge on any atom is 0.246 e. The van der Waals surface area contributed by atoms with E-state index >= 15 is 0 Å². The number of amides is 1. The summed E-state index contributed by atoms with van der Waals surface area (Å²) < 4.78 is 1.32. The third-order valence-corrected chi connectivity index (χ3v) is 2.63. The smallest absolute Gasteiger partial charge is 0.246 e. The summed E-state index contributed by atoms with van der Waals surface area (Å²) in [5, 5.41) is 10.0. The van der Waals surface area contributed by atoms with E-state index in [0.29, 0.717) is 6.29 Å². The van der Waals surface area contributed by atoms with Gasteiger partial charge < -0.3 is 5.32 Å². The zero-order chi connectivity index (χ0) is 13.7. The molecular weight excluding hydrogens is 244 g/mol. The highest BCUT2D eigenvalue weighted by Gasteiger charge is 2.06. The largest absolute Gasteiger partial charge is 0.324 e. The predicted molar refractivity (Wildman–Crippen MR) is 69.9 cm³/mol. The molecule has 6 heteroatoms. The van der Waals surface area contributed by atoms with Crippen LogP contribution < -0.4 is 5.32 Å². The summed E-state index contributed by atoms with van der Waals surface area (Å²) in [6, 6.07) is 7.65. The molecule has 1 aromatic carbocycles. The van der Waals surface area contributed by atoms with E-state index in [1.165, 1.54) is 16.4 Å². The molecule has 0 fully saturated rings. The van der Waals surface area contributed by atoms with Crippen LogP contribution in [0.15, 0.2) is 30.5 Å². The highest BCUT2D eigenvalue weighted by Crippen LogP contribution is 2.09. The fourth-order valence-corrected chi connectivity index (χ4v) is 1.62. The molecule has 0 aliphatic heterocycles. The van der Waals surface area contributed by atoms with Gasteiger partial charge in [-0.25, -0.2) is 4.68 Å². The Bertz CT molecular complexity index is 575. The maximum absolute atomic E-state index is 11.7. The number of hydrogen-bond donors (Lipinski definition) is 1. The van der Waals surface area contributed by atoms with Crippen molar-refractivity contribution in [1.29, 1.82) is 0 Å². The standard InChI is InChI=1S/C13H14N4O2/c1-2-10-3-5-11(6-4-10)14-13(19)8-17-7-12(9-18)15-16-17/h3-7,9H,2,8H2,1H3,(H,14,19). The molecule has 1 N–H and O–H groups in total. The molecule has 0 saturated carbocycles. The van der Waals surface area contributed by atoms with Gasteiger partial charge in [0.25, 0.3) is 0 Å². The molecule has 2 aromatic rings. The number of nitrogens with one attached hydrogen (secondary N) is 1. The van der Waals surface area contributed by atoms with E-state index in [1.54, 1.807) is 0 Å². The molecule has 1 amide bonds. The summed E-state index contributed by atoms with van der Waals surface area (Å²) in [6.45, 7) is 2.10. The monoisotopic (exact) mass is 258 g/mol. The summed E-state index contributed by atoms with van der Waals surface area (Å²) in [5.41, 5.74) is 2.16. The van der Waals surface area contributed by atoms with Gasteiger partial charge in [0.15, 0.2) is 6.29 Å². The average molecular weight is 258 g/mol. The number of benzene rings is 1. The normalized spacial score (nSPS) is 10.2. The SMILES string of the molecule is CCc1ccc(NC(=O)Cn2cc(C=O)nn2)cc1. The van der Waals surface area contributed by atoms with Gasteiger partial charge in [-0.3, -0.25) is 9.59 Å². The number of aryl methyl sites for hydroxylation is 1. The lowest BCUT2D eigenvalue weighted by molar-refractivity contribution is -0.116. The fourth-order valence-electron chi connectivity index (χ4n) is 1.62. The number of aldehydes is 1. The zero-order valence-electron chi connectivity index (χ0n) is 10.5. The van der Waals surface area contributed by atoms with Crippen molar-refractivity contribution in [3.63, 3.8) is 0 Å². The minimum absolute atomic E-state index is 0.0242. The van der Waals surface area contributed by atoms with E-state index in [1.807, 2.05) is 24.3 Å². The van der Waals surface area contributed by atoms with E-state index in [-0.39, 0.29) is 18.1 Å². The first-order valence-electron chi connectivity index (χ1n) is 5.95. The summed E-state index contributed by atoms with van der Waals surface area (Å²) in [6.07, 6.45) is 2.97. The Kier molecular flexibility index (Phi) is 4.02. The molecule has 19 heavy (non-hydrogen) atoms. The van der Waals surface area contributed by atoms with Gasteiger partial charge in [-0.1, -0.05) is 24.3 Å². The van der Waals surface area contributed by atoms with Gasteiger partial charge in [0.2, 0.25) is 5.91 Å². The lowest BCUT2D eigenvalue weighted by atomic mass is 10.1. The van der Waals surface area contributed by atoms with E-state index in [2.05, 4.69) is 22.6 Å². The Morgan fingerprint density at radius 2 is 2.11 bits per heavy atom. The summed E-state index contributed by atoms with van der Waals surface area (Å²) in [5.74, 6) is -0.216. The molecule has 0 radical (unpaired) electrons. The van der Waals surface area contributed by atoms with E-state index in [0.717, 1.165) is 12.1 Å². The summed E-state index contributed by atoms with van der Waals surface area (Å²) in [7, 11) is 0. The lowest BCUT2D eigenvalue weighted by Crippen LogP contribution is -2.19. The number of carbonyl (C=O) groups excluding carboxylic acids is 2. The van der Waals surface area contributed by atoms with Crippen LogP contribution in [0.5, 0.6) is 0 Å². The first kappa shape index (κ1) is 12.9. The molecule has 0 aliphatic rings. The van der Waals surface area contributed by atoms with Crippen LogP contribution in [0.25, 0.3) is 0 Å². The van der Waals surface area contributed by atoms with Crippen molar-refractivity contribution in [2.75, 3.05) is 5.32 Å². The van der Waals surface area contributed by atoms with Crippen molar-refractivity contribution in [2.45, 2.75) is 19.9 Å². The Labute approximate surface area is 110 Å². The third-order valence-electron chi connectivity index (χ3n) is 2.63. The van der Waals surface area contributed by atoms with E-state index < -0.39 is 0 Å². The number of hydrogen-bond acceptors (Lipinski definition) is 4. The quantitative estimate of drug-likeness (QED) is 0.820. The first-order chi connectivity index (χ1) is 9.21. The summed E-state index contributed by atoms with van der Waals surface area (Å²) >= 11 is 0. The van der Waals surface area contributed by atoms with Gasteiger partial charge in [0, 0.05) is 5.69 Å². The van der Waals surface area contributed by atoms with Crippen molar-refractivity contribution in [3.05, 3.63) is 41.7 Å². The van der Waals surface area contributed by atoms with Gasteiger partial charge in [-0.2, -0.15) is 0 Å². The van der Waals surface area contributed by atoms with Gasteiger partial charge in [-0.15, -0.1) is 5.10 Å². The molecule has 1 aromatic heterocycles. The van der Waals surface area contributed by atoms with Gasteiger partial charge >= 0.3 is 0 Å². The molecule has 0 saturated heterocycles. The van der Waals surface area contributed by atoms with Crippen molar-refractivity contribution in [1.82, 2.24) is 15.0 Å². The Balaban J connectivity index is 1.94. The Hall–Kier alpha value is -2.50. The van der Waals surface area contributed by atoms with Crippen LogP contribution in [0, 0.1) is 0 Å². The predicted octanol–water partition coefficient (Wildman–Crippen LogP) is 1.29. The van der Waals surface area contributed by atoms with Gasteiger partial charge in [0.1, 0.15) is 12.2 Å². The molecule has 0 aliphatic carbocycles. The van der Waals surface area contributed by atoms with E-state index in [9.17, 15) is 9.59 Å². The molecule has 1 heterocycles. The van der Waals surface area contributed by atoms with Crippen molar-refractivity contribution in [2.24, 2.45) is 0 Å². The fraction of sp³-hybridized carbons (Fsp3) is 0.231. The second kappa shape index (κ2) is 5.90. The number of carbonyl (C=O) groups is 2. The third kappa shape index (κ3) is 3.48. The van der Waals surface area contributed by atoms with Crippen molar-refractivity contribution in [3.8, 4) is 0 Å². The second-order valence-electron chi connectivity index (χ2n) is 4.06. The average Bonchev–Trinajstić information content (AvgIpc) is 2.87. The van der Waals surface area contributed by atoms with Crippen molar-refractivity contribution < 1.29 is 9.59 Å². The first-order valence-corrected chi connectivity index (χ1v) is 5.95. The Morgan fingerprint density at radius 1 is 1.37 bits per heavy atom. The molecule has 98 valence electrons. The maximum atomic E-state index is 11.7. The molecule has 0 spiro atoms. The van der Waals surface area contributed by atoms with Crippen molar-refractivity contribution >= 4 is 17.9 Å². The van der Waals surface area contributed by atoms with Crippen LogP contribution in [0.4, 0.5) is 5.69 Å². The number of rotatable bonds is 5. The molecular formula is C13H14N4O2. The molecule has 6 nitrogen and oxygen atoms in total. The zero-order valence-corrected chi connectivity index (χ0v) is 10.5. The minimum atomic E-state index is -0.216. The van der Waals surface area contributed by atoms with Crippen LogP contribution in [0.1, 0.15) is 23.0 Å². The topological polar surface area (TPSA) is 76.9 Å². The molecule has 0 unspecified atom stereocenters. The van der Waals surface area contributed by atoms with Crippen LogP contribution in [0.2, 0.25) is 0 Å². The molecule has 0 bridgehead atoms. The second-order valence-corrected chi connectivity index (χ2v) is 4.06. The van der Waals surface area contributed by atoms with Crippen LogP contribution in [0.3, 0.4) is 0 Å². The summed E-state index contributed by atoms with van der Waals surface area (Å²) in [4.78, 5) is 22.2. The Morgan fingerprint density at radius 3 is 2.68 bits per heavy atom. The number of nitrogens with zero attached hydrogens (tertiary/aromatic N) is 3. The number of aromatic nitrogens is 3. The van der Waals surface area contributed by atoms with Crippen LogP contribution in [-0.4, -0.2) is 27.2 Å². The number of anilines is 1. The highest BCUT2D eigenvalue weighted by molar-refractivity contribution is 5.90. The lowest BCUT2D eigenvalue weighted by Gasteiger charge is -2.05. The highest BCUT2D eigenvalue weighted by atomic mass is 16.2. The molecule has 2 rings (SSSR count). The minimum Gasteiger partial charge on any atom is -0.324 e.